The van der Waals surface area contributed by atoms with Crippen LogP contribution in [0.3, 0.4) is 0 Å². The first-order valence-corrected chi connectivity index (χ1v) is 7.29. The summed E-state index contributed by atoms with van der Waals surface area (Å²) < 4.78 is 0. The lowest BCUT2D eigenvalue weighted by Gasteiger charge is -2.44. The smallest absolute Gasteiger partial charge is 0.138 e. The van der Waals surface area contributed by atoms with Crippen molar-refractivity contribution in [3.63, 3.8) is 0 Å². The molecule has 0 spiro atoms. The van der Waals surface area contributed by atoms with Gasteiger partial charge in [-0.3, -0.25) is 9.69 Å². The average Bonchev–Trinajstić information content (AvgIpc) is 2.31. The molecular formula is C15H27NO. The van der Waals surface area contributed by atoms with Gasteiger partial charge in [0.15, 0.2) is 0 Å². The van der Waals surface area contributed by atoms with E-state index in [1.807, 2.05) is 0 Å². The minimum Gasteiger partial charge on any atom is -0.299 e. The molecule has 0 N–H and O–H groups in total. The summed E-state index contributed by atoms with van der Waals surface area (Å²) in [6, 6.07) is 0.440. The molecule has 2 nitrogen and oxygen atoms in total. The topological polar surface area (TPSA) is 20.3 Å². The summed E-state index contributed by atoms with van der Waals surface area (Å²) in [5.41, 5.74) is 0.507. The predicted molar refractivity (Wildman–Crippen MR) is 71.0 cm³/mol. The Hall–Kier alpha value is -0.370. The molecule has 1 aliphatic heterocycles. The molecule has 2 heteroatoms. The average molecular weight is 237 g/mol. The highest BCUT2D eigenvalue weighted by Crippen LogP contribution is 2.37. The first-order valence-electron chi connectivity index (χ1n) is 7.29. The molecule has 17 heavy (non-hydrogen) atoms. The van der Waals surface area contributed by atoms with Crippen LogP contribution in [0.25, 0.3) is 0 Å². The maximum absolute atomic E-state index is 11.7. The van der Waals surface area contributed by atoms with Crippen LogP contribution in [0.15, 0.2) is 0 Å². The van der Waals surface area contributed by atoms with Crippen LogP contribution in [0.5, 0.6) is 0 Å². The first-order chi connectivity index (χ1) is 8.02. The summed E-state index contributed by atoms with van der Waals surface area (Å²) >= 11 is 0. The van der Waals surface area contributed by atoms with E-state index >= 15 is 0 Å². The van der Waals surface area contributed by atoms with Crippen LogP contribution in [-0.4, -0.2) is 29.8 Å². The highest BCUT2D eigenvalue weighted by atomic mass is 16.1. The molecule has 0 aromatic heterocycles. The van der Waals surface area contributed by atoms with Gasteiger partial charge in [0, 0.05) is 31.5 Å². The quantitative estimate of drug-likeness (QED) is 0.735. The molecule has 2 atom stereocenters. The number of hydrogen-bond donors (Lipinski definition) is 0. The van der Waals surface area contributed by atoms with Gasteiger partial charge in [-0.2, -0.15) is 0 Å². The molecule has 2 aliphatic rings. The molecule has 0 bridgehead atoms. The second kappa shape index (κ2) is 5.09. The van der Waals surface area contributed by atoms with E-state index in [0.29, 0.717) is 17.2 Å². The Morgan fingerprint density at radius 1 is 1.24 bits per heavy atom. The van der Waals surface area contributed by atoms with Gasteiger partial charge in [0.05, 0.1) is 0 Å². The molecule has 1 saturated heterocycles. The van der Waals surface area contributed by atoms with Crippen molar-refractivity contribution in [2.75, 3.05) is 13.1 Å². The zero-order valence-corrected chi connectivity index (χ0v) is 11.7. The summed E-state index contributed by atoms with van der Waals surface area (Å²) in [6.45, 7) is 8.96. The van der Waals surface area contributed by atoms with E-state index in [-0.39, 0.29) is 5.92 Å². The summed E-state index contributed by atoms with van der Waals surface area (Å²) in [5, 5.41) is 0. The number of nitrogens with zero attached hydrogens (tertiary/aromatic N) is 1. The zero-order valence-electron chi connectivity index (χ0n) is 11.7. The Balaban J connectivity index is 1.96. The van der Waals surface area contributed by atoms with Gasteiger partial charge in [-0.1, -0.05) is 33.1 Å². The molecule has 2 rings (SSSR count). The number of hydrogen-bond acceptors (Lipinski definition) is 2. The Morgan fingerprint density at radius 2 is 1.88 bits per heavy atom. The lowest BCUT2D eigenvalue weighted by molar-refractivity contribution is -0.128. The number of Topliss-reactive ketones (excluding diaryl/α,β-unsaturated/α-hetero) is 1. The zero-order chi connectivity index (χ0) is 12.5. The monoisotopic (exact) mass is 237 g/mol. The molecule has 2 unspecified atom stereocenters. The van der Waals surface area contributed by atoms with Crippen molar-refractivity contribution in [3.05, 3.63) is 0 Å². The van der Waals surface area contributed by atoms with E-state index < -0.39 is 0 Å². The van der Waals surface area contributed by atoms with E-state index in [4.69, 9.17) is 0 Å². The van der Waals surface area contributed by atoms with Gasteiger partial charge in [-0.15, -0.1) is 0 Å². The van der Waals surface area contributed by atoms with Gasteiger partial charge in [-0.05, 0) is 25.2 Å². The van der Waals surface area contributed by atoms with Crippen LogP contribution in [0.4, 0.5) is 0 Å². The number of ketones is 1. The summed E-state index contributed by atoms with van der Waals surface area (Å²) in [6.07, 6.45) is 7.72. The number of piperidine rings is 1. The minimum atomic E-state index is 0.232. The van der Waals surface area contributed by atoms with Gasteiger partial charge in [-0.25, -0.2) is 0 Å². The Kier molecular flexibility index (Phi) is 3.92. The summed E-state index contributed by atoms with van der Waals surface area (Å²) in [4.78, 5) is 14.3. The van der Waals surface area contributed by atoms with Crippen molar-refractivity contribution in [1.29, 1.82) is 0 Å². The van der Waals surface area contributed by atoms with Crippen molar-refractivity contribution in [3.8, 4) is 0 Å². The molecule has 98 valence electrons. The predicted octanol–water partition coefficient (Wildman–Crippen LogP) is 3.26. The van der Waals surface area contributed by atoms with E-state index in [1.165, 1.54) is 38.6 Å². The highest BCUT2D eigenvalue weighted by molar-refractivity contribution is 5.82. The number of rotatable bonds is 2. The van der Waals surface area contributed by atoms with Gasteiger partial charge in [0.2, 0.25) is 0 Å². The molecule has 1 saturated carbocycles. The maximum Gasteiger partial charge on any atom is 0.138 e. The van der Waals surface area contributed by atoms with E-state index in [2.05, 4.69) is 25.7 Å². The Morgan fingerprint density at radius 3 is 2.53 bits per heavy atom. The number of carbonyl (C=O) groups excluding carboxylic acids is 1. The van der Waals surface area contributed by atoms with Crippen molar-refractivity contribution >= 4 is 5.78 Å². The molecule has 2 fully saturated rings. The molecule has 0 aromatic carbocycles. The van der Waals surface area contributed by atoms with Crippen LogP contribution in [0.1, 0.15) is 59.3 Å². The SMILES string of the molecule is CC1C(=O)CCN(CC2(C)CCCCC2)C1C. The van der Waals surface area contributed by atoms with Crippen LogP contribution in [0, 0.1) is 11.3 Å². The summed E-state index contributed by atoms with van der Waals surface area (Å²) in [7, 11) is 0. The van der Waals surface area contributed by atoms with E-state index in [0.717, 1.165) is 13.0 Å². The molecule has 1 aliphatic carbocycles. The van der Waals surface area contributed by atoms with Crippen molar-refractivity contribution < 1.29 is 4.79 Å². The van der Waals surface area contributed by atoms with E-state index in [1.54, 1.807) is 0 Å². The third-order valence-electron chi connectivity index (χ3n) is 5.10. The number of likely N-dealkylation sites (tertiary alicyclic amines) is 1. The largest absolute Gasteiger partial charge is 0.299 e. The molecular weight excluding hydrogens is 210 g/mol. The lowest BCUT2D eigenvalue weighted by Crippen LogP contribution is -2.50. The van der Waals surface area contributed by atoms with Crippen LogP contribution < -0.4 is 0 Å². The second-order valence-electron chi connectivity index (χ2n) is 6.59. The van der Waals surface area contributed by atoms with Crippen LogP contribution in [-0.2, 0) is 4.79 Å². The fourth-order valence-corrected chi connectivity index (χ4v) is 3.55. The van der Waals surface area contributed by atoms with Gasteiger partial charge in [0.25, 0.3) is 0 Å². The van der Waals surface area contributed by atoms with Gasteiger partial charge >= 0.3 is 0 Å². The second-order valence-corrected chi connectivity index (χ2v) is 6.59. The van der Waals surface area contributed by atoms with Gasteiger partial charge < -0.3 is 0 Å². The Labute approximate surface area is 106 Å². The fraction of sp³-hybridized carbons (Fsp3) is 0.933. The van der Waals surface area contributed by atoms with Crippen molar-refractivity contribution in [2.45, 2.75) is 65.3 Å². The maximum atomic E-state index is 11.7. The standard InChI is InChI=1S/C15H27NO/c1-12-13(2)16(10-7-14(12)17)11-15(3)8-5-4-6-9-15/h12-13H,4-11H2,1-3H3. The fourth-order valence-electron chi connectivity index (χ4n) is 3.55. The third kappa shape index (κ3) is 2.90. The van der Waals surface area contributed by atoms with Crippen LogP contribution >= 0.6 is 0 Å². The Bertz CT molecular complexity index is 281. The lowest BCUT2D eigenvalue weighted by atomic mass is 9.74. The van der Waals surface area contributed by atoms with Crippen LogP contribution in [0.2, 0.25) is 0 Å². The normalized spacial score (nSPS) is 34.9. The molecule has 1 heterocycles. The summed E-state index contributed by atoms with van der Waals surface area (Å²) in [5.74, 6) is 0.693. The van der Waals surface area contributed by atoms with Crippen molar-refractivity contribution in [1.82, 2.24) is 4.90 Å². The molecule has 0 radical (unpaired) electrons. The third-order valence-corrected chi connectivity index (χ3v) is 5.10. The highest BCUT2D eigenvalue weighted by Gasteiger charge is 2.35. The van der Waals surface area contributed by atoms with Crippen molar-refractivity contribution in [2.24, 2.45) is 11.3 Å². The molecule has 0 aromatic rings. The van der Waals surface area contributed by atoms with E-state index in [9.17, 15) is 4.79 Å². The minimum absolute atomic E-state index is 0.232. The molecule has 0 amide bonds. The number of carbonyl (C=O) groups is 1. The van der Waals surface area contributed by atoms with Gasteiger partial charge in [0.1, 0.15) is 5.78 Å². The first kappa shape index (κ1) is 13.1.